The zero-order chi connectivity index (χ0) is 13.1. The summed E-state index contributed by atoms with van der Waals surface area (Å²) in [4.78, 5) is 0.571. The van der Waals surface area contributed by atoms with Crippen LogP contribution in [0.15, 0.2) is 23.1 Å². The van der Waals surface area contributed by atoms with Gasteiger partial charge in [0, 0.05) is 10.1 Å². The molecule has 0 saturated heterocycles. The van der Waals surface area contributed by atoms with E-state index in [2.05, 4.69) is 6.92 Å². The molecule has 2 nitrogen and oxygen atoms in total. The second kappa shape index (κ2) is 5.83. The molecule has 100 valence electrons. The summed E-state index contributed by atoms with van der Waals surface area (Å²) in [7, 11) is -1.10. The molecule has 1 aromatic carbocycles. The molecule has 18 heavy (non-hydrogen) atoms. The third kappa shape index (κ3) is 2.91. The molecule has 1 atom stereocenters. The van der Waals surface area contributed by atoms with Crippen LogP contribution in [0.25, 0.3) is 0 Å². The Morgan fingerprint density at radius 3 is 2.56 bits per heavy atom. The van der Waals surface area contributed by atoms with Gasteiger partial charge in [-0.1, -0.05) is 13.3 Å². The van der Waals surface area contributed by atoms with Gasteiger partial charge in [-0.2, -0.15) is 0 Å². The summed E-state index contributed by atoms with van der Waals surface area (Å²) in [6.45, 7) is 2.21. The highest BCUT2D eigenvalue weighted by atomic mass is 32.2. The van der Waals surface area contributed by atoms with E-state index in [1.807, 2.05) is 0 Å². The Hall–Kier alpha value is -0.900. The lowest BCUT2D eigenvalue weighted by molar-refractivity contribution is 0.353. The Labute approximate surface area is 110 Å². The van der Waals surface area contributed by atoms with Crippen molar-refractivity contribution in [2.45, 2.75) is 49.2 Å². The monoisotopic (exact) mass is 269 g/mol. The van der Waals surface area contributed by atoms with E-state index in [-0.39, 0.29) is 10.9 Å². The molecule has 1 fully saturated rings. The fourth-order valence-corrected chi connectivity index (χ4v) is 4.09. The first-order valence-corrected chi connectivity index (χ1v) is 7.78. The van der Waals surface area contributed by atoms with E-state index in [1.54, 1.807) is 6.07 Å². The highest BCUT2D eigenvalue weighted by molar-refractivity contribution is 7.85. The van der Waals surface area contributed by atoms with Crippen LogP contribution in [0, 0.1) is 11.7 Å². The van der Waals surface area contributed by atoms with E-state index < -0.39 is 16.6 Å². The van der Waals surface area contributed by atoms with Crippen molar-refractivity contribution < 1.29 is 8.60 Å². The minimum atomic E-state index is -1.10. The molecule has 0 aromatic heterocycles. The first kappa shape index (κ1) is 13.5. The van der Waals surface area contributed by atoms with Gasteiger partial charge in [0.1, 0.15) is 5.82 Å². The molecule has 1 aromatic rings. The first-order valence-electron chi connectivity index (χ1n) is 6.57. The summed E-state index contributed by atoms with van der Waals surface area (Å²) in [5.41, 5.74) is 5.55. The van der Waals surface area contributed by atoms with Crippen molar-refractivity contribution in [3.63, 3.8) is 0 Å². The van der Waals surface area contributed by atoms with Gasteiger partial charge >= 0.3 is 0 Å². The number of nitrogens with two attached hydrogens (primary N) is 1. The highest BCUT2D eigenvalue weighted by Crippen LogP contribution is 2.31. The number of rotatable bonds is 3. The average Bonchev–Trinajstić information content (AvgIpc) is 2.41. The molecule has 0 aliphatic heterocycles. The summed E-state index contributed by atoms with van der Waals surface area (Å²) in [6.07, 6.45) is 5.46. The number of benzene rings is 1. The van der Waals surface area contributed by atoms with E-state index in [0.717, 1.165) is 31.6 Å². The van der Waals surface area contributed by atoms with Crippen LogP contribution in [-0.4, -0.2) is 9.46 Å². The SMILES string of the molecule is CCC1CCC(S(=O)c2ccc(N)c(F)c2)CC1. The number of anilines is 1. The molecule has 0 radical (unpaired) electrons. The molecule has 1 saturated carbocycles. The summed E-state index contributed by atoms with van der Waals surface area (Å²) in [5.74, 6) is 0.310. The maximum absolute atomic E-state index is 13.4. The molecular weight excluding hydrogens is 249 g/mol. The predicted molar refractivity (Wildman–Crippen MR) is 73.3 cm³/mol. The van der Waals surface area contributed by atoms with Crippen molar-refractivity contribution >= 4 is 16.5 Å². The number of halogens is 1. The second-order valence-electron chi connectivity index (χ2n) is 5.03. The number of nitrogen functional groups attached to an aromatic ring is 1. The molecule has 0 heterocycles. The van der Waals surface area contributed by atoms with Crippen LogP contribution in [-0.2, 0) is 10.8 Å². The lowest BCUT2D eigenvalue weighted by atomic mass is 9.87. The fourth-order valence-electron chi connectivity index (χ4n) is 2.58. The molecule has 0 spiro atoms. The molecule has 0 amide bonds. The van der Waals surface area contributed by atoms with Gasteiger partial charge in [-0.25, -0.2) is 4.39 Å². The van der Waals surface area contributed by atoms with Gasteiger partial charge < -0.3 is 5.73 Å². The summed E-state index contributed by atoms with van der Waals surface area (Å²) in [6, 6.07) is 4.50. The maximum atomic E-state index is 13.4. The van der Waals surface area contributed by atoms with Gasteiger partial charge in [-0.05, 0) is 49.8 Å². The van der Waals surface area contributed by atoms with E-state index in [4.69, 9.17) is 5.73 Å². The van der Waals surface area contributed by atoms with Crippen molar-refractivity contribution in [2.24, 2.45) is 5.92 Å². The summed E-state index contributed by atoms with van der Waals surface area (Å²) >= 11 is 0. The van der Waals surface area contributed by atoms with Crippen molar-refractivity contribution in [2.75, 3.05) is 5.73 Å². The van der Waals surface area contributed by atoms with Crippen LogP contribution in [0.1, 0.15) is 39.0 Å². The quantitative estimate of drug-likeness (QED) is 0.854. The van der Waals surface area contributed by atoms with Gasteiger partial charge in [-0.15, -0.1) is 0 Å². The third-order valence-corrected chi connectivity index (χ3v) is 5.67. The minimum Gasteiger partial charge on any atom is -0.396 e. The van der Waals surface area contributed by atoms with Gasteiger partial charge in [0.05, 0.1) is 16.5 Å². The maximum Gasteiger partial charge on any atom is 0.147 e. The minimum absolute atomic E-state index is 0.116. The Bertz CT molecular complexity index is 441. The van der Waals surface area contributed by atoms with Crippen LogP contribution < -0.4 is 5.73 Å². The van der Waals surface area contributed by atoms with Crippen molar-refractivity contribution in [1.82, 2.24) is 0 Å². The Morgan fingerprint density at radius 1 is 1.33 bits per heavy atom. The highest BCUT2D eigenvalue weighted by Gasteiger charge is 2.25. The lowest BCUT2D eigenvalue weighted by Gasteiger charge is -2.27. The zero-order valence-corrected chi connectivity index (χ0v) is 11.5. The Kier molecular flexibility index (Phi) is 4.38. The van der Waals surface area contributed by atoms with Gasteiger partial charge in [0.15, 0.2) is 0 Å². The Balaban J connectivity index is 2.05. The van der Waals surface area contributed by atoms with Gasteiger partial charge in [-0.3, -0.25) is 4.21 Å². The molecule has 1 aliphatic carbocycles. The van der Waals surface area contributed by atoms with Crippen molar-refractivity contribution in [3.8, 4) is 0 Å². The smallest absolute Gasteiger partial charge is 0.147 e. The summed E-state index contributed by atoms with van der Waals surface area (Å²) in [5, 5.41) is 0.177. The van der Waals surface area contributed by atoms with Gasteiger partial charge in [0.2, 0.25) is 0 Å². The Morgan fingerprint density at radius 2 is 2.00 bits per heavy atom. The van der Waals surface area contributed by atoms with Crippen LogP contribution in [0.3, 0.4) is 0 Å². The molecule has 4 heteroatoms. The fraction of sp³-hybridized carbons (Fsp3) is 0.571. The van der Waals surface area contributed by atoms with Crippen molar-refractivity contribution in [3.05, 3.63) is 24.0 Å². The molecule has 1 unspecified atom stereocenters. The van der Waals surface area contributed by atoms with Crippen LogP contribution in [0.4, 0.5) is 10.1 Å². The largest absolute Gasteiger partial charge is 0.396 e. The molecular formula is C14H20FNOS. The topological polar surface area (TPSA) is 43.1 Å². The predicted octanol–water partition coefficient (Wildman–Crippen LogP) is 3.48. The second-order valence-corrected chi connectivity index (χ2v) is 6.76. The number of hydrogen-bond acceptors (Lipinski definition) is 2. The standard InChI is InChI=1S/C14H20FNOS/c1-2-10-3-5-11(6-4-10)18(17)12-7-8-14(16)13(15)9-12/h7-11H,2-6,16H2,1H3. The molecule has 0 bridgehead atoms. The van der Waals surface area contributed by atoms with E-state index >= 15 is 0 Å². The van der Waals surface area contributed by atoms with Crippen LogP contribution in [0.2, 0.25) is 0 Å². The number of hydrogen-bond donors (Lipinski definition) is 1. The first-order chi connectivity index (χ1) is 8.61. The molecule has 2 N–H and O–H groups in total. The van der Waals surface area contributed by atoms with Gasteiger partial charge in [0.25, 0.3) is 0 Å². The lowest BCUT2D eigenvalue weighted by Crippen LogP contribution is -2.23. The molecule has 2 rings (SSSR count). The van der Waals surface area contributed by atoms with E-state index in [1.165, 1.54) is 18.6 Å². The van der Waals surface area contributed by atoms with E-state index in [9.17, 15) is 8.60 Å². The summed E-state index contributed by atoms with van der Waals surface area (Å²) < 4.78 is 25.7. The normalized spacial score (nSPS) is 25.9. The zero-order valence-electron chi connectivity index (χ0n) is 10.7. The molecule has 1 aliphatic rings. The van der Waals surface area contributed by atoms with Crippen LogP contribution in [0.5, 0.6) is 0 Å². The van der Waals surface area contributed by atoms with Crippen molar-refractivity contribution in [1.29, 1.82) is 0 Å². The van der Waals surface area contributed by atoms with E-state index in [0.29, 0.717) is 4.90 Å². The van der Waals surface area contributed by atoms with Crippen LogP contribution >= 0.6 is 0 Å². The average molecular weight is 269 g/mol. The third-order valence-electron chi connectivity index (χ3n) is 3.88.